The van der Waals surface area contributed by atoms with Crippen molar-refractivity contribution in [3.63, 3.8) is 0 Å². The maximum Gasteiger partial charge on any atom is 0.202 e. The van der Waals surface area contributed by atoms with Gasteiger partial charge < -0.3 is 5.32 Å². The Balaban J connectivity index is 1.67. The fourth-order valence-corrected chi connectivity index (χ4v) is 2.68. The maximum atomic E-state index is 4.54. The van der Waals surface area contributed by atoms with Gasteiger partial charge in [-0.05, 0) is 24.7 Å². The van der Waals surface area contributed by atoms with Crippen LogP contribution >= 0.6 is 11.5 Å². The van der Waals surface area contributed by atoms with E-state index >= 15 is 0 Å². The average Bonchev–Trinajstić information content (AvgIpc) is 3.07. The molecule has 0 saturated heterocycles. The fourth-order valence-electron chi connectivity index (χ4n) is 2.09. The second-order valence-corrected chi connectivity index (χ2v) is 5.75. The Hall–Kier alpha value is -1.42. The predicted molar refractivity (Wildman–Crippen MR) is 75.8 cm³/mol. The molecule has 0 unspecified atom stereocenters. The van der Waals surface area contributed by atoms with E-state index in [2.05, 4.69) is 21.6 Å². The number of nitrogens with one attached hydrogen (secondary N) is 1. The van der Waals surface area contributed by atoms with Gasteiger partial charge in [-0.1, -0.05) is 37.3 Å². The van der Waals surface area contributed by atoms with E-state index in [1.165, 1.54) is 30.8 Å². The summed E-state index contributed by atoms with van der Waals surface area (Å²) >= 11 is 1.45. The Morgan fingerprint density at radius 2 is 2.06 bits per heavy atom. The fraction of sp³-hybridized carbons (Fsp3) is 0.429. The van der Waals surface area contributed by atoms with Gasteiger partial charge in [0.15, 0.2) is 5.82 Å². The van der Waals surface area contributed by atoms with Gasteiger partial charge >= 0.3 is 0 Å². The number of aromatic nitrogens is 2. The van der Waals surface area contributed by atoms with Crippen LogP contribution in [0.15, 0.2) is 30.3 Å². The van der Waals surface area contributed by atoms with Crippen LogP contribution in [0.5, 0.6) is 0 Å². The molecule has 1 aliphatic rings. The standard InChI is InChI=1S/C14H17N3S/c1-2-14(8-9-14)10-15-13-16-12(17-18-13)11-6-4-3-5-7-11/h3-7H,2,8-10H2,1H3,(H,15,16,17). The molecule has 3 rings (SSSR count). The highest BCUT2D eigenvalue weighted by atomic mass is 32.1. The lowest BCUT2D eigenvalue weighted by atomic mass is 10.0. The predicted octanol–water partition coefficient (Wildman–Crippen LogP) is 3.81. The Kier molecular flexibility index (Phi) is 3.04. The van der Waals surface area contributed by atoms with Gasteiger partial charge in [-0.3, -0.25) is 0 Å². The van der Waals surface area contributed by atoms with Crippen molar-refractivity contribution in [2.24, 2.45) is 5.41 Å². The molecule has 0 atom stereocenters. The minimum atomic E-state index is 0.540. The van der Waals surface area contributed by atoms with Gasteiger partial charge in [0.2, 0.25) is 5.13 Å². The molecule has 1 heterocycles. The quantitative estimate of drug-likeness (QED) is 0.887. The van der Waals surface area contributed by atoms with E-state index in [0.29, 0.717) is 5.41 Å². The maximum absolute atomic E-state index is 4.54. The number of benzene rings is 1. The van der Waals surface area contributed by atoms with Crippen LogP contribution in [-0.2, 0) is 0 Å². The van der Waals surface area contributed by atoms with E-state index in [1.807, 2.05) is 30.3 Å². The summed E-state index contributed by atoms with van der Waals surface area (Å²) in [5.41, 5.74) is 1.62. The van der Waals surface area contributed by atoms with Gasteiger partial charge in [0.25, 0.3) is 0 Å². The van der Waals surface area contributed by atoms with Gasteiger partial charge in [-0.2, -0.15) is 9.36 Å². The molecule has 0 spiro atoms. The lowest BCUT2D eigenvalue weighted by Gasteiger charge is -2.11. The summed E-state index contributed by atoms with van der Waals surface area (Å²) in [4.78, 5) is 4.54. The van der Waals surface area contributed by atoms with Gasteiger partial charge in [-0.15, -0.1) is 0 Å². The SMILES string of the molecule is CCC1(CNc2nc(-c3ccccc3)ns2)CC1. The van der Waals surface area contributed by atoms with E-state index in [4.69, 9.17) is 0 Å². The van der Waals surface area contributed by atoms with Gasteiger partial charge in [0.1, 0.15) is 0 Å². The summed E-state index contributed by atoms with van der Waals surface area (Å²) in [6.45, 7) is 3.30. The summed E-state index contributed by atoms with van der Waals surface area (Å²) in [5.74, 6) is 0.824. The molecule has 0 radical (unpaired) electrons. The molecule has 1 aromatic heterocycles. The Morgan fingerprint density at radius 3 is 2.72 bits per heavy atom. The van der Waals surface area contributed by atoms with Gasteiger partial charge in [0.05, 0.1) is 0 Å². The van der Waals surface area contributed by atoms with Crippen molar-refractivity contribution in [1.82, 2.24) is 9.36 Å². The van der Waals surface area contributed by atoms with Crippen molar-refractivity contribution in [3.8, 4) is 11.4 Å². The molecular weight excluding hydrogens is 242 g/mol. The summed E-state index contributed by atoms with van der Waals surface area (Å²) < 4.78 is 4.40. The van der Waals surface area contributed by atoms with Crippen molar-refractivity contribution in [1.29, 1.82) is 0 Å². The number of rotatable bonds is 5. The number of hydrogen-bond donors (Lipinski definition) is 1. The molecule has 4 heteroatoms. The topological polar surface area (TPSA) is 37.8 Å². The zero-order chi connectivity index (χ0) is 12.4. The first-order chi connectivity index (χ1) is 8.81. The van der Waals surface area contributed by atoms with E-state index < -0.39 is 0 Å². The van der Waals surface area contributed by atoms with Crippen LogP contribution in [0.4, 0.5) is 5.13 Å². The molecule has 1 saturated carbocycles. The molecule has 1 aliphatic carbocycles. The lowest BCUT2D eigenvalue weighted by molar-refractivity contribution is 0.521. The highest BCUT2D eigenvalue weighted by Gasteiger charge is 2.40. The highest BCUT2D eigenvalue weighted by Crippen LogP contribution is 2.48. The Labute approximate surface area is 111 Å². The minimum absolute atomic E-state index is 0.540. The van der Waals surface area contributed by atoms with Crippen LogP contribution in [0.25, 0.3) is 11.4 Å². The molecule has 1 fully saturated rings. The number of hydrogen-bond acceptors (Lipinski definition) is 4. The zero-order valence-electron chi connectivity index (χ0n) is 10.5. The molecule has 3 nitrogen and oxygen atoms in total. The van der Waals surface area contributed by atoms with Crippen molar-refractivity contribution >= 4 is 16.7 Å². The normalized spacial score (nSPS) is 16.5. The summed E-state index contributed by atoms with van der Waals surface area (Å²) in [6.07, 6.45) is 3.95. The highest BCUT2D eigenvalue weighted by molar-refractivity contribution is 7.09. The van der Waals surface area contributed by atoms with Crippen molar-refractivity contribution in [2.75, 3.05) is 11.9 Å². The third kappa shape index (κ3) is 2.38. The molecule has 0 amide bonds. The second-order valence-electron chi connectivity index (χ2n) is 5.00. The molecule has 18 heavy (non-hydrogen) atoms. The summed E-state index contributed by atoms with van der Waals surface area (Å²) in [7, 11) is 0. The third-order valence-electron chi connectivity index (χ3n) is 3.78. The molecule has 2 aromatic rings. The van der Waals surface area contributed by atoms with Crippen LogP contribution in [0.3, 0.4) is 0 Å². The van der Waals surface area contributed by atoms with Crippen molar-refractivity contribution < 1.29 is 0 Å². The second kappa shape index (κ2) is 4.69. The number of nitrogens with zero attached hydrogens (tertiary/aromatic N) is 2. The molecule has 0 bridgehead atoms. The lowest BCUT2D eigenvalue weighted by Crippen LogP contribution is -2.14. The largest absolute Gasteiger partial charge is 0.360 e. The zero-order valence-corrected chi connectivity index (χ0v) is 11.3. The molecule has 1 aromatic carbocycles. The third-order valence-corrected chi connectivity index (χ3v) is 4.45. The van der Waals surface area contributed by atoms with E-state index in [-0.39, 0.29) is 0 Å². The molecule has 94 valence electrons. The van der Waals surface area contributed by atoms with Crippen LogP contribution < -0.4 is 5.32 Å². The van der Waals surface area contributed by atoms with E-state index in [0.717, 1.165) is 23.1 Å². The average molecular weight is 259 g/mol. The van der Waals surface area contributed by atoms with E-state index in [1.54, 1.807) is 0 Å². The molecular formula is C14H17N3S. The van der Waals surface area contributed by atoms with Crippen LogP contribution in [-0.4, -0.2) is 15.9 Å². The van der Waals surface area contributed by atoms with Gasteiger partial charge in [-0.25, -0.2) is 0 Å². The first-order valence-corrected chi connectivity index (χ1v) is 7.22. The first-order valence-electron chi connectivity index (χ1n) is 6.44. The Bertz CT molecular complexity index is 517. The summed E-state index contributed by atoms with van der Waals surface area (Å²) in [5, 5.41) is 4.37. The molecule has 1 N–H and O–H groups in total. The van der Waals surface area contributed by atoms with E-state index in [9.17, 15) is 0 Å². The van der Waals surface area contributed by atoms with Crippen molar-refractivity contribution in [2.45, 2.75) is 26.2 Å². The van der Waals surface area contributed by atoms with Crippen LogP contribution in [0.2, 0.25) is 0 Å². The monoisotopic (exact) mass is 259 g/mol. The molecule has 0 aliphatic heterocycles. The van der Waals surface area contributed by atoms with Gasteiger partial charge in [0, 0.05) is 23.6 Å². The van der Waals surface area contributed by atoms with Crippen LogP contribution in [0.1, 0.15) is 26.2 Å². The van der Waals surface area contributed by atoms with Crippen LogP contribution in [0, 0.1) is 5.41 Å². The summed E-state index contributed by atoms with van der Waals surface area (Å²) in [6, 6.07) is 10.1. The smallest absolute Gasteiger partial charge is 0.202 e. The minimum Gasteiger partial charge on any atom is -0.360 e. The van der Waals surface area contributed by atoms with Crippen molar-refractivity contribution in [3.05, 3.63) is 30.3 Å². The Morgan fingerprint density at radius 1 is 1.28 bits per heavy atom. The first kappa shape index (κ1) is 11.7. The number of anilines is 1.